The van der Waals surface area contributed by atoms with E-state index < -0.39 is 0 Å². The third kappa shape index (κ3) is 4.40. The number of rotatable bonds is 4. The lowest BCUT2D eigenvalue weighted by Crippen LogP contribution is -1.94. The second kappa shape index (κ2) is 11.8. The fourth-order valence-corrected chi connectivity index (χ4v) is 9.66. The van der Waals surface area contributed by atoms with Crippen molar-refractivity contribution in [1.82, 2.24) is 13.7 Å². The van der Waals surface area contributed by atoms with Gasteiger partial charge in [-0.05, 0) is 102 Å². The number of para-hydroxylation sites is 5. The first-order chi connectivity index (χ1) is 28.8. The molecule has 13 rings (SSSR count). The molecule has 0 amide bonds. The van der Waals surface area contributed by atoms with Gasteiger partial charge in [-0.3, -0.25) is 0 Å². The summed E-state index contributed by atoms with van der Waals surface area (Å²) in [6, 6.07) is 72.6. The molecule has 4 aromatic heterocycles. The maximum atomic E-state index is 6.34. The summed E-state index contributed by atoms with van der Waals surface area (Å²) in [7, 11) is 0. The molecule has 58 heavy (non-hydrogen) atoms. The van der Waals surface area contributed by atoms with Gasteiger partial charge in [0.25, 0.3) is 0 Å². The molecule has 0 aliphatic heterocycles. The second-order valence-corrected chi connectivity index (χ2v) is 15.3. The predicted octanol–water partition coefficient (Wildman–Crippen LogP) is 14.5. The third-order valence-electron chi connectivity index (χ3n) is 12.2. The highest BCUT2D eigenvalue weighted by Crippen LogP contribution is 2.42. The molecule has 0 saturated heterocycles. The molecule has 0 atom stereocenters. The van der Waals surface area contributed by atoms with E-state index in [2.05, 4.69) is 202 Å². The Hall–Kier alpha value is -7.82. The monoisotopic (exact) mass is 739 g/mol. The van der Waals surface area contributed by atoms with Crippen LogP contribution in [0.3, 0.4) is 0 Å². The van der Waals surface area contributed by atoms with Gasteiger partial charge in [0.15, 0.2) is 0 Å². The average Bonchev–Trinajstić information content (AvgIpc) is 4.01. The van der Waals surface area contributed by atoms with E-state index in [1.165, 1.54) is 76.5 Å². The summed E-state index contributed by atoms with van der Waals surface area (Å²) in [6.45, 7) is 0. The smallest absolute Gasteiger partial charge is 0.137 e. The van der Waals surface area contributed by atoms with Crippen molar-refractivity contribution in [3.05, 3.63) is 200 Å². The van der Waals surface area contributed by atoms with Crippen LogP contribution in [0, 0.1) is 0 Å². The summed E-state index contributed by atoms with van der Waals surface area (Å²) in [6.07, 6.45) is 0. The van der Waals surface area contributed by atoms with Crippen molar-refractivity contribution >= 4 is 87.4 Å². The number of hydrogen-bond acceptors (Lipinski definition) is 1. The van der Waals surface area contributed by atoms with Gasteiger partial charge in [0.05, 0.1) is 33.1 Å². The Labute approximate surface area is 332 Å². The number of aromatic nitrogens is 3. The highest BCUT2D eigenvalue weighted by Gasteiger charge is 2.20. The molecule has 0 fully saturated rings. The van der Waals surface area contributed by atoms with Gasteiger partial charge in [-0.2, -0.15) is 0 Å². The van der Waals surface area contributed by atoms with E-state index >= 15 is 0 Å². The fraction of sp³-hybridized carbons (Fsp3) is 0. The van der Waals surface area contributed by atoms with E-state index in [1.54, 1.807) is 0 Å². The highest BCUT2D eigenvalue weighted by molar-refractivity contribution is 6.20. The maximum absolute atomic E-state index is 6.34. The number of furan rings is 1. The molecule has 0 spiro atoms. The van der Waals surface area contributed by atoms with Crippen molar-refractivity contribution in [2.24, 2.45) is 0 Å². The summed E-state index contributed by atoms with van der Waals surface area (Å²) in [5.74, 6) is 0. The standard InChI is InChI=1S/C54H33N3O/c1-3-13-36(14-4-1)55-47-20-10-8-18-40(47)45-32-52-46(33-51(45)55)44-30-35(24-28-50(44)56(52)37-15-5-2-6-16-37)34-23-27-49-43(29-34)39-17-7-11-21-48(39)57(49)38-25-26-42-41-19-9-12-22-53(41)58-54(42)31-38/h1-33H. The number of hydrogen-bond donors (Lipinski definition) is 0. The number of nitrogens with zero attached hydrogens (tertiary/aromatic N) is 3. The van der Waals surface area contributed by atoms with Gasteiger partial charge in [0.1, 0.15) is 11.2 Å². The van der Waals surface area contributed by atoms with Gasteiger partial charge >= 0.3 is 0 Å². The Morgan fingerprint density at radius 3 is 1.28 bits per heavy atom. The molecule has 0 aliphatic rings. The van der Waals surface area contributed by atoms with Crippen LogP contribution in [0.2, 0.25) is 0 Å². The Balaban J connectivity index is 1.04. The van der Waals surface area contributed by atoms with Gasteiger partial charge in [-0.15, -0.1) is 0 Å². The van der Waals surface area contributed by atoms with Crippen LogP contribution in [0.5, 0.6) is 0 Å². The fourth-order valence-electron chi connectivity index (χ4n) is 9.66. The lowest BCUT2D eigenvalue weighted by atomic mass is 10.00. The van der Waals surface area contributed by atoms with E-state index in [4.69, 9.17) is 4.42 Å². The SMILES string of the molecule is c1ccc(-n2c3ccccc3c3cc4c(cc32)c2cc(-c3ccc5c(c3)c3ccccc3n5-c3ccc5c(c3)oc3ccccc35)ccc2n4-c2ccccc2)cc1. The molecule has 0 N–H and O–H groups in total. The van der Waals surface area contributed by atoms with Crippen LogP contribution in [-0.2, 0) is 0 Å². The first-order valence-electron chi connectivity index (χ1n) is 19.8. The molecule has 13 aromatic rings. The van der Waals surface area contributed by atoms with Crippen LogP contribution < -0.4 is 0 Å². The van der Waals surface area contributed by atoms with Gasteiger partial charge in [-0.25, -0.2) is 0 Å². The lowest BCUT2D eigenvalue weighted by Gasteiger charge is -2.09. The van der Waals surface area contributed by atoms with E-state index in [1.807, 2.05) is 12.1 Å². The molecule has 4 heterocycles. The number of fused-ring (bicyclic) bond motifs is 12. The molecule has 0 aliphatic carbocycles. The van der Waals surface area contributed by atoms with Crippen LogP contribution in [0.15, 0.2) is 205 Å². The van der Waals surface area contributed by atoms with Gasteiger partial charge in [-0.1, -0.05) is 103 Å². The average molecular weight is 740 g/mol. The first kappa shape index (κ1) is 31.4. The van der Waals surface area contributed by atoms with Crippen molar-refractivity contribution in [3.63, 3.8) is 0 Å². The van der Waals surface area contributed by atoms with Crippen LogP contribution in [0.4, 0.5) is 0 Å². The molecule has 4 heteroatoms. The molecule has 270 valence electrons. The summed E-state index contributed by atoms with van der Waals surface area (Å²) in [5, 5.41) is 9.67. The summed E-state index contributed by atoms with van der Waals surface area (Å²) in [4.78, 5) is 0. The van der Waals surface area contributed by atoms with E-state index in [0.29, 0.717) is 0 Å². The van der Waals surface area contributed by atoms with Crippen molar-refractivity contribution in [2.45, 2.75) is 0 Å². The zero-order chi connectivity index (χ0) is 37.9. The van der Waals surface area contributed by atoms with Gasteiger partial charge in [0, 0.05) is 66.2 Å². The molecule has 9 aromatic carbocycles. The Morgan fingerprint density at radius 2 is 0.672 bits per heavy atom. The summed E-state index contributed by atoms with van der Waals surface area (Å²) < 4.78 is 13.5. The van der Waals surface area contributed by atoms with Crippen molar-refractivity contribution in [3.8, 4) is 28.2 Å². The van der Waals surface area contributed by atoms with Crippen LogP contribution in [0.1, 0.15) is 0 Å². The van der Waals surface area contributed by atoms with Crippen molar-refractivity contribution in [2.75, 3.05) is 0 Å². The predicted molar refractivity (Wildman–Crippen MR) is 242 cm³/mol. The van der Waals surface area contributed by atoms with Crippen LogP contribution in [0.25, 0.3) is 116 Å². The summed E-state index contributed by atoms with van der Waals surface area (Å²) >= 11 is 0. The maximum Gasteiger partial charge on any atom is 0.137 e. The van der Waals surface area contributed by atoms with Gasteiger partial charge < -0.3 is 18.1 Å². The van der Waals surface area contributed by atoms with E-state index in [9.17, 15) is 0 Å². The quantitative estimate of drug-likeness (QED) is 0.177. The van der Waals surface area contributed by atoms with E-state index in [-0.39, 0.29) is 0 Å². The van der Waals surface area contributed by atoms with Crippen LogP contribution >= 0.6 is 0 Å². The van der Waals surface area contributed by atoms with Crippen LogP contribution in [-0.4, -0.2) is 13.7 Å². The molecule has 0 radical (unpaired) electrons. The summed E-state index contributed by atoms with van der Waals surface area (Å²) in [5.41, 5.74) is 14.7. The zero-order valence-corrected chi connectivity index (χ0v) is 31.3. The minimum Gasteiger partial charge on any atom is -0.456 e. The molecule has 0 unspecified atom stereocenters. The highest BCUT2D eigenvalue weighted by atomic mass is 16.3. The van der Waals surface area contributed by atoms with Gasteiger partial charge in [0.2, 0.25) is 0 Å². The third-order valence-corrected chi connectivity index (χ3v) is 12.2. The largest absolute Gasteiger partial charge is 0.456 e. The van der Waals surface area contributed by atoms with E-state index in [0.717, 1.165) is 39.0 Å². The second-order valence-electron chi connectivity index (χ2n) is 15.3. The zero-order valence-electron chi connectivity index (χ0n) is 31.3. The Kier molecular flexibility index (Phi) is 6.41. The molecular formula is C54H33N3O. The Bertz CT molecular complexity index is 3790. The molecule has 0 bridgehead atoms. The minimum absolute atomic E-state index is 0.894. The molecular weight excluding hydrogens is 707 g/mol. The normalized spacial score (nSPS) is 12.1. The molecule has 0 saturated carbocycles. The minimum atomic E-state index is 0.894. The number of benzene rings is 9. The van der Waals surface area contributed by atoms with Crippen molar-refractivity contribution in [1.29, 1.82) is 0 Å². The first-order valence-corrected chi connectivity index (χ1v) is 19.8. The topological polar surface area (TPSA) is 27.9 Å². The Morgan fingerprint density at radius 1 is 0.241 bits per heavy atom. The molecule has 4 nitrogen and oxygen atoms in total. The lowest BCUT2D eigenvalue weighted by molar-refractivity contribution is 0.668. The van der Waals surface area contributed by atoms with Crippen molar-refractivity contribution < 1.29 is 4.42 Å².